The van der Waals surface area contributed by atoms with Gasteiger partial charge in [0.25, 0.3) is 5.91 Å². The zero-order chi connectivity index (χ0) is 17.8. The smallest absolute Gasteiger partial charge is 0.291 e. The largest absolute Gasteiger partial charge is 0.373 e. The van der Waals surface area contributed by atoms with Crippen molar-refractivity contribution >= 4 is 5.91 Å². The molecule has 0 bridgehead atoms. The van der Waals surface area contributed by atoms with E-state index in [0.717, 1.165) is 12.2 Å². The first kappa shape index (κ1) is 17.5. The lowest BCUT2D eigenvalue weighted by molar-refractivity contribution is -0.0708. The Bertz CT molecular complexity index is 722. The summed E-state index contributed by atoms with van der Waals surface area (Å²) in [4.78, 5) is 24.9. The summed E-state index contributed by atoms with van der Waals surface area (Å²) >= 11 is 0. The van der Waals surface area contributed by atoms with Crippen LogP contribution in [0.3, 0.4) is 0 Å². The third-order valence-electron chi connectivity index (χ3n) is 4.53. The minimum Gasteiger partial charge on any atom is -0.373 e. The second-order valence-corrected chi connectivity index (χ2v) is 6.45. The summed E-state index contributed by atoms with van der Waals surface area (Å²) in [6.45, 7) is 3.87. The fourth-order valence-corrected chi connectivity index (χ4v) is 3.21. The van der Waals surface area contributed by atoms with Crippen LogP contribution in [0.1, 0.15) is 27.9 Å². The van der Waals surface area contributed by atoms with Crippen LogP contribution in [-0.4, -0.2) is 65.6 Å². The number of ether oxygens (including phenoxy) is 1. The van der Waals surface area contributed by atoms with Crippen molar-refractivity contribution in [3.8, 4) is 0 Å². The van der Waals surface area contributed by atoms with E-state index in [-0.39, 0.29) is 23.9 Å². The Hall–Kier alpha value is -2.31. The van der Waals surface area contributed by atoms with Gasteiger partial charge in [0.2, 0.25) is 5.82 Å². The molecule has 0 aliphatic carbocycles. The van der Waals surface area contributed by atoms with E-state index in [1.165, 1.54) is 5.56 Å². The Morgan fingerprint density at radius 1 is 1.32 bits per heavy atom. The topological polar surface area (TPSA) is 58.6 Å². The number of amides is 1. The Kier molecular flexibility index (Phi) is 5.40. The summed E-state index contributed by atoms with van der Waals surface area (Å²) < 4.78 is 6.02. The number of carbonyl (C=O) groups is 1. The van der Waals surface area contributed by atoms with E-state index in [2.05, 4.69) is 34.0 Å². The highest BCUT2D eigenvalue weighted by molar-refractivity contribution is 5.90. The number of morpholine rings is 1. The highest BCUT2D eigenvalue weighted by Crippen LogP contribution is 2.28. The monoisotopic (exact) mass is 340 g/mol. The second-order valence-electron chi connectivity index (χ2n) is 6.45. The van der Waals surface area contributed by atoms with E-state index in [1.54, 1.807) is 24.2 Å². The molecule has 1 aromatic heterocycles. The Morgan fingerprint density at radius 3 is 2.80 bits per heavy atom. The van der Waals surface area contributed by atoms with Crippen molar-refractivity contribution in [1.82, 2.24) is 19.8 Å². The summed E-state index contributed by atoms with van der Waals surface area (Å²) in [5, 5.41) is 0. The van der Waals surface area contributed by atoms with Crippen LogP contribution in [0.2, 0.25) is 0 Å². The standard InChI is InChI=1S/C19H24N4O2/c1-14-9-10-20-18(21-14)19(24)23(3)13-16-17(22(2)11-12-25-16)15-7-5-4-6-8-15/h4-10,16-17H,11-13H2,1-3H3/t16-,17-/m0/s1. The molecule has 1 amide bonds. The molecule has 1 aliphatic heterocycles. The molecule has 0 unspecified atom stereocenters. The Balaban J connectivity index is 1.76. The molecule has 1 fully saturated rings. The van der Waals surface area contributed by atoms with Crippen molar-refractivity contribution in [3.63, 3.8) is 0 Å². The van der Waals surface area contributed by atoms with Gasteiger partial charge in [0, 0.05) is 32.0 Å². The summed E-state index contributed by atoms with van der Waals surface area (Å²) in [5.74, 6) is 0.0373. The zero-order valence-electron chi connectivity index (χ0n) is 14.9. The first-order chi connectivity index (χ1) is 12.1. The van der Waals surface area contributed by atoms with Crippen molar-refractivity contribution in [2.45, 2.75) is 19.1 Å². The van der Waals surface area contributed by atoms with Gasteiger partial charge in [-0.15, -0.1) is 0 Å². The van der Waals surface area contributed by atoms with Crippen LogP contribution in [0.25, 0.3) is 0 Å². The maximum Gasteiger partial charge on any atom is 0.291 e. The quantitative estimate of drug-likeness (QED) is 0.851. The summed E-state index contributed by atoms with van der Waals surface area (Å²) in [7, 11) is 3.87. The number of aryl methyl sites for hydroxylation is 1. The van der Waals surface area contributed by atoms with E-state index in [0.29, 0.717) is 13.2 Å². The van der Waals surface area contributed by atoms with Crippen molar-refractivity contribution in [2.24, 2.45) is 0 Å². The lowest BCUT2D eigenvalue weighted by Gasteiger charge is -2.40. The maximum absolute atomic E-state index is 12.6. The molecular weight excluding hydrogens is 316 g/mol. The molecule has 2 heterocycles. The molecule has 2 atom stereocenters. The van der Waals surface area contributed by atoms with Gasteiger partial charge in [0.05, 0.1) is 18.8 Å². The normalized spacial score (nSPS) is 21.1. The van der Waals surface area contributed by atoms with Crippen LogP contribution >= 0.6 is 0 Å². The predicted octanol–water partition coefficient (Wildman–Crippen LogP) is 1.93. The van der Waals surface area contributed by atoms with E-state index < -0.39 is 0 Å². The molecule has 1 saturated heterocycles. The second kappa shape index (κ2) is 7.72. The first-order valence-electron chi connectivity index (χ1n) is 8.48. The van der Waals surface area contributed by atoms with Crippen molar-refractivity contribution in [3.05, 3.63) is 59.7 Å². The first-order valence-corrected chi connectivity index (χ1v) is 8.48. The zero-order valence-corrected chi connectivity index (χ0v) is 14.9. The van der Waals surface area contributed by atoms with Gasteiger partial charge in [-0.05, 0) is 25.6 Å². The van der Waals surface area contributed by atoms with Gasteiger partial charge in [-0.2, -0.15) is 0 Å². The Labute approximate surface area is 148 Å². The number of hydrogen-bond acceptors (Lipinski definition) is 5. The van der Waals surface area contributed by atoms with Gasteiger partial charge in [-0.3, -0.25) is 9.69 Å². The molecule has 0 saturated carbocycles. The van der Waals surface area contributed by atoms with E-state index in [1.807, 2.05) is 25.1 Å². The number of carbonyl (C=O) groups excluding carboxylic acids is 1. The molecule has 6 heteroatoms. The molecule has 25 heavy (non-hydrogen) atoms. The van der Waals surface area contributed by atoms with Crippen molar-refractivity contribution in [2.75, 3.05) is 33.8 Å². The lowest BCUT2D eigenvalue weighted by atomic mass is 9.98. The van der Waals surface area contributed by atoms with E-state index in [4.69, 9.17) is 4.74 Å². The third kappa shape index (κ3) is 4.03. The molecule has 3 rings (SSSR count). The van der Waals surface area contributed by atoms with Crippen LogP contribution in [0.5, 0.6) is 0 Å². The minimum absolute atomic E-state index is 0.0973. The number of benzene rings is 1. The maximum atomic E-state index is 12.6. The number of nitrogens with zero attached hydrogens (tertiary/aromatic N) is 4. The molecule has 0 N–H and O–H groups in total. The van der Waals surface area contributed by atoms with Crippen molar-refractivity contribution in [1.29, 1.82) is 0 Å². The minimum atomic E-state index is -0.188. The van der Waals surface area contributed by atoms with Crippen LogP contribution in [0.15, 0.2) is 42.6 Å². The molecule has 2 aromatic rings. The molecule has 132 valence electrons. The summed E-state index contributed by atoms with van der Waals surface area (Å²) in [5.41, 5.74) is 1.98. The van der Waals surface area contributed by atoms with E-state index >= 15 is 0 Å². The summed E-state index contributed by atoms with van der Waals surface area (Å²) in [6.07, 6.45) is 1.51. The average molecular weight is 340 g/mol. The summed E-state index contributed by atoms with van der Waals surface area (Å²) in [6, 6.07) is 12.2. The highest BCUT2D eigenvalue weighted by Gasteiger charge is 2.33. The van der Waals surface area contributed by atoms with Crippen LogP contribution in [-0.2, 0) is 4.74 Å². The number of likely N-dealkylation sites (N-methyl/N-ethyl adjacent to an activating group) is 2. The average Bonchev–Trinajstić information content (AvgIpc) is 2.62. The van der Waals surface area contributed by atoms with Crippen LogP contribution in [0.4, 0.5) is 0 Å². The fraction of sp³-hybridized carbons (Fsp3) is 0.421. The van der Waals surface area contributed by atoms with Gasteiger partial charge in [-0.25, -0.2) is 9.97 Å². The van der Waals surface area contributed by atoms with Gasteiger partial charge in [0.15, 0.2) is 0 Å². The van der Waals surface area contributed by atoms with E-state index in [9.17, 15) is 4.79 Å². The lowest BCUT2D eigenvalue weighted by Crippen LogP contribution is -2.48. The highest BCUT2D eigenvalue weighted by atomic mass is 16.5. The fourth-order valence-electron chi connectivity index (χ4n) is 3.21. The van der Waals surface area contributed by atoms with Crippen LogP contribution < -0.4 is 0 Å². The van der Waals surface area contributed by atoms with Crippen molar-refractivity contribution < 1.29 is 9.53 Å². The molecule has 1 aromatic carbocycles. The number of hydrogen-bond donors (Lipinski definition) is 0. The van der Waals surface area contributed by atoms with Gasteiger partial charge >= 0.3 is 0 Å². The Morgan fingerprint density at radius 2 is 2.08 bits per heavy atom. The van der Waals surface area contributed by atoms with Gasteiger partial charge in [-0.1, -0.05) is 30.3 Å². The third-order valence-corrected chi connectivity index (χ3v) is 4.53. The van der Waals surface area contributed by atoms with Crippen LogP contribution in [0, 0.1) is 6.92 Å². The molecule has 6 nitrogen and oxygen atoms in total. The van der Waals surface area contributed by atoms with Gasteiger partial charge < -0.3 is 9.64 Å². The molecule has 1 aliphatic rings. The number of rotatable bonds is 4. The SMILES string of the molecule is Cc1ccnc(C(=O)N(C)C[C@@H]2OCCN(C)[C@H]2c2ccccc2)n1. The molecule has 0 radical (unpaired) electrons. The predicted molar refractivity (Wildman–Crippen MR) is 95.3 cm³/mol. The van der Waals surface area contributed by atoms with Gasteiger partial charge in [0.1, 0.15) is 0 Å². The molecular formula is C19H24N4O2. The number of aromatic nitrogens is 2. The molecule has 0 spiro atoms.